The number of nitrogens with one attached hydrogen (secondary N) is 1. The molecular formula is C19H21N5O4S. The maximum absolute atomic E-state index is 12.8. The maximum atomic E-state index is 12.8. The molecule has 1 amide bonds. The Labute approximate surface area is 170 Å². The van der Waals surface area contributed by atoms with Crippen molar-refractivity contribution in [2.45, 2.75) is 19.4 Å². The van der Waals surface area contributed by atoms with Gasteiger partial charge in [-0.15, -0.1) is 5.10 Å². The number of benzene rings is 1. The minimum Gasteiger partial charge on any atom is -0.497 e. The van der Waals surface area contributed by atoms with Gasteiger partial charge in [0.15, 0.2) is 0 Å². The molecule has 1 saturated heterocycles. The molecule has 2 aromatic heterocycles. The number of amides is 1. The third-order valence-corrected chi connectivity index (χ3v) is 5.76. The predicted molar refractivity (Wildman–Crippen MR) is 109 cm³/mol. The van der Waals surface area contributed by atoms with E-state index >= 15 is 0 Å². The molecule has 1 aliphatic rings. The van der Waals surface area contributed by atoms with Gasteiger partial charge in [-0.1, -0.05) is 11.3 Å². The molecule has 0 aliphatic carbocycles. The first-order chi connectivity index (χ1) is 14.1. The summed E-state index contributed by atoms with van der Waals surface area (Å²) in [6.45, 7) is 2.07. The molecule has 152 valence electrons. The highest BCUT2D eigenvalue weighted by atomic mass is 32.1. The fraction of sp³-hybridized carbons (Fsp3) is 0.368. The molecule has 9 nitrogen and oxygen atoms in total. The smallest absolute Gasteiger partial charge is 0.274 e. The van der Waals surface area contributed by atoms with Gasteiger partial charge in [0, 0.05) is 37.3 Å². The zero-order valence-electron chi connectivity index (χ0n) is 16.2. The SMILES string of the molecule is COc1ccc(CNC(=O)c2cc(=O)nc3sc(N4CCCC4)nn23)c(OC)c1. The zero-order valence-corrected chi connectivity index (χ0v) is 17.0. The fourth-order valence-corrected chi connectivity index (χ4v) is 4.23. The van der Waals surface area contributed by atoms with E-state index in [9.17, 15) is 9.59 Å². The third kappa shape index (κ3) is 3.88. The number of carbonyl (C=O) groups is 1. The Morgan fingerprint density at radius 1 is 1.21 bits per heavy atom. The number of rotatable bonds is 6. The summed E-state index contributed by atoms with van der Waals surface area (Å²) in [5.41, 5.74) is 0.485. The van der Waals surface area contributed by atoms with Crippen molar-refractivity contribution in [3.8, 4) is 11.5 Å². The van der Waals surface area contributed by atoms with E-state index in [0.717, 1.165) is 36.6 Å². The van der Waals surface area contributed by atoms with Crippen molar-refractivity contribution in [1.29, 1.82) is 0 Å². The number of ether oxygens (including phenoxy) is 2. The summed E-state index contributed by atoms with van der Waals surface area (Å²) >= 11 is 1.32. The number of anilines is 1. The van der Waals surface area contributed by atoms with Gasteiger partial charge >= 0.3 is 0 Å². The van der Waals surface area contributed by atoms with Gasteiger partial charge in [0.2, 0.25) is 10.1 Å². The molecule has 0 saturated carbocycles. The molecule has 3 aromatic rings. The molecule has 4 rings (SSSR count). The Morgan fingerprint density at radius 2 is 2.00 bits per heavy atom. The van der Waals surface area contributed by atoms with Crippen molar-refractivity contribution in [1.82, 2.24) is 19.9 Å². The normalized spacial score (nSPS) is 13.7. The molecule has 0 unspecified atom stereocenters. The Bertz CT molecular complexity index is 1100. The predicted octanol–water partition coefficient (Wildman–Crippen LogP) is 1.70. The van der Waals surface area contributed by atoms with Crippen LogP contribution in [0.2, 0.25) is 0 Å². The second-order valence-corrected chi connectivity index (χ2v) is 7.55. The summed E-state index contributed by atoms with van der Waals surface area (Å²) in [7, 11) is 3.13. The van der Waals surface area contributed by atoms with E-state index in [1.165, 1.54) is 21.9 Å². The first kappa shape index (κ1) is 19.2. The summed E-state index contributed by atoms with van der Waals surface area (Å²) in [5.74, 6) is 0.860. The first-order valence-corrected chi connectivity index (χ1v) is 10.1. The number of hydrogen-bond acceptors (Lipinski definition) is 8. The standard InChI is InChI=1S/C19H21N5O4S/c1-27-13-6-5-12(15(9-13)28-2)11-20-17(26)14-10-16(25)21-18-24(14)22-19(29-18)23-7-3-4-8-23/h5-6,9-10H,3-4,7-8,11H2,1-2H3,(H,20,26). The molecule has 1 N–H and O–H groups in total. The number of hydrogen-bond donors (Lipinski definition) is 1. The zero-order chi connectivity index (χ0) is 20.4. The Hall–Kier alpha value is -3.14. The topological polar surface area (TPSA) is 98.1 Å². The molecule has 29 heavy (non-hydrogen) atoms. The van der Waals surface area contributed by atoms with Crippen LogP contribution in [0.25, 0.3) is 4.96 Å². The van der Waals surface area contributed by atoms with Gasteiger partial charge in [-0.25, -0.2) is 0 Å². The monoisotopic (exact) mass is 415 g/mol. The summed E-state index contributed by atoms with van der Waals surface area (Å²) in [5, 5.41) is 8.13. The molecule has 0 spiro atoms. The van der Waals surface area contributed by atoms with Crippen LogP contribution in [0, 0.1) is 0 Å². The fourth-order valence-electron chi connectivity index (χ4n) is 3.27. The lowest BCUT2D eigenvalue weighted by atomic mass is 10.2. The van der Waals surface area contributed by atoms with Crippen molar-refractivity contribution < 1.29 is 14.3 Å². The minimum atomic E-state index is -0.464. The van der Waals surface area contributed by atoms with Crippen molar-refractivity contribution in [3.05, 3.63) is 45.9 Å². The highest BCUT2D eigenvalue weighted by Gasteiger charge is 2.20. The maximum Gasteiger partial charge on any atom is 0.274 e. The summed E-state index contributed by atoms with van der Waals surface area (Å²) < 4.78 is 12.0. The van der Waals surface area contributed by atoms with E-state index in [-0.39, 0.29) is 12.2 Å². The van der Waals surface area contributed by atoms with Gasteiger partial charge < -0.3 is 19.7 Å². The van der Waals surface area contributed by atoms with Crippen molar-refractivity contribution in [2.75, 3.05) is 32.2 Å². The van der Waals surface area contributed by atoms with Crippen LogP contribution in [0.1, 0.15) is 28.9 Å². The van der Waals surface area contributed by atoms with Crippen LogP contribution in [-0.2, 0) is 6.54 Å². The van der Waals surface area contributed by atoms with Crippen molar-refractivity contribution >= 4 is 27.3 Å². The van der Waals surface area contributed by atoms with Crippen molar-refractivity contribution in [2.24, 2.45) is 0 Å². The van der Waals surface area contributed by atoms with Crippen LogP contribution in [0.15, 0.2) is 29.1 Å². The number of carbonyl (C=O) groups excluding carboxylic acids is 1. The lowest BCUT2D eigenvalue weighted by molar-refractivity contribution is 0.0943. The molecule has 1 fully saturated rings. The number of nitrogens with zero attached hydrogens (tertiary/aromatic N) is 4. The molecule has 3 heterocycles. The molecular weight excluding hydrogens is 394 g/mol. The molecule has 0 atom stereocenters. The number of methoxy groups -OCH3 is 2. The van der Waals surface area contributed by atoms with Crippen molar-refractivity contribution in [3.63, 3.8) is 0 Å². The van der Waals surface area contributed by atoms with Gasteiger partial charge in [0.05, 0.1) is 14.2 Å². The Balaban J connectivity index is 1.59. The number of fused-ring (bicyclic) bond motifs is 1. The van der Waals surface area contributed by atoms with E-state index < -0.39 is 11.5 Å². The van der Waals surface area contributed by atoms with Gasteiger partial charge in [-0.3, -0.25) is 9.59 Å². The molecule has 10 heteroatoms. The third-order valence-electron chi connectivity index (χ3n) is 4.79. The van der Waals surface area contributed by atoms with E-state index in [2.05, 4.69) is 20.3 Å². The highest BCUT2D eigenvalue weighted by Crippen LogP contribution is 2.26. The average molecular weight is 415 g/mol. The van der Waals surface area contributed by atoms with Gasteiger partial charge in [0.1, 0.15) is 17.2 Å². The lowest BCUT2D eigenvalue weighted by Crippen LogP contribution is -2.27. The first-order valence-electron chi connectivity index (χ1n) is 9.24. The summed E-state index contributed by atoms with van der Waals surface area (Å²) in [4.78, 5) is 31.4. The second-order valence-electron chi connectivity index (χ2n) is 6.61. The van der Waals surface area contributed by atoms with Crippen LogP contribution >= 0.6 is 11.3 Å². The average Bonchev–Trinajstić information content (AvgIpc) is 3.40. The van der Waals surface area contributed by atoms with E-state index in [1.807, 2.05) is 6.07 Å². The van der Waals surface area contributed by atoms with E-state index in [1.54, 1.807) is 26.4 Å². The van der Waals surface area contributed by atoms with Crippen LogP contribution in [0.4, 0.5) is 5.13 Å². The number of aromatic nitrogens is 3. The van der Waals surface area contributed by atoms with E-state index in [4.69, 9.17) is 9.47 Å². The molecule has 1 aliphatic heterocycles. The Kier molecular flexibility index (Phi) is 5.34. The largest absolute Gasteiger partial charge is 0.497 e. The van der Waals surface area contributed by atoms with Gasteiger partial charge in [-0.05, 0) is 25.0 Å². The summed E-state index contributed by atoms with van der Waals surface area (Å²) in [6, 6.07) is 6.57. The van der Waals surface area contributed by atoms with E-state index in [0.29, 0.717) is 16.5 Å². The van der Waals surface area contributed by atoms with Gasteiger partial charge in [-0.2, -0.15) is 9.50 Å². The van der Waals surface area contributed by atoms with Gasteiger partial charge in [0.25, 0.3) is 11.5 Å². The molecule has 0 bridgehead atoms. The quantitative estimate of drug-likeness (QED) is 0.654. The molecule has 1 aromatic carbocycles. The summed E-state index contributed by atoms with van der Waals surface area (Å²) in [6.07, 6.45) is 2.22. The highest BCUT2D eigenvalue weighted by molar-refractivity contribution is 7.20. The lowest BCUT2D eigenvalue weighted by Gasteiger charge is -2.12. The van der Waals surface area contributed by atoms with Crippen LogP contribution < -0.4 is 25.2 Å². The van der Waals surface area contributed by atoms with Crippen LogP contribution in [-0.4, -0.2) is 47.8 Å². The van der Waals surface area contributed by atoms with Crippen LogP contribution in [0.3, 0.4) is 0 Å². The van der Waals surface area contributed by atoms with Crippen LogP contribution in [0.5, 0.6) is 11.5 Å². The Morgan fingerprint density at radius 3 is 2.72 bits per heavy atom. The second kappa shape index (κ2) is 8.08. The molecule has 0 radical (unpaired) electrons. The minimum absolute atomic E-state index is 0.161.